The molecule has 11 nitrogen and oxygen atoms in total. The fraction of sp³-hybridized carbons (Fsp3) is 0.0909. The van der Waals surface area contributed by atoms with Crippen LogP contribution in [0.5, 0.6) is 0 Å². The van der Waals surface area contributed by atoms with Crippen LogP contribution in [0.1, 0.15) is 6.92 Å². The number of hydrogen-bond donors (Lipinski definition) is 1. The van der Waals surface area contributed by atoms with Gasteiger partial charge in [-0.05, 0) is 61.5 Å². The predicted octanol–water partition coefficient (Wildman–Crippen LogP) is 0.270. The number of rotatable bonds is 7. The molecular formula is C22H18N5NaO6S2. The molecule has 14 heteroatoms. The summed E-state index contributed by atoms with van der Waals surface area (Å²) >= 11 is 0. The van der Waals surface area contributed by atoms with E-state index in [4.69, 9.17) is 0 Å². The fourth-order valence-electron chi connectivity index (χ4n) is 3.19. The van der Waals surface area contributed by atoms with Crippen molar-refractivity contribution in [2.75, 3.05) is 9.73 Å². The molecule has 3 aromatic carbocycles. The molecule has 0 aromatic heterocycles. The number of amides is 1. The molecule has 4 rings (SSSR count). The van der Waals surface area contributed by atoms with Gasteiger partial charge in [0, 0.05) is 0 Å². The summed E-state index contributed by atoms with van der Waals surface area (Å²) in [6.07, 6.45) is 0. The molecule has 0 fully saturated rings. The van der Waals surface area contributed by atoms with Crippen molar-refractivity contribution in [3.8, 4) is 0 Å². The van der Waals surface area contributed by atoms with Crippen LogP contribution in [0.25, 0.3) is 0 Å². The maximum Gasteiger partial charge on any atom is 1.00 e. The molecule has 3 aromatic rings. The normalized spacial score (nSPS) is 16.1. The van der Waals surface area contributed by atoms with Crippen molar-refractivity contribution in [2.24, 2.45) is 15.3 Å². The van der Waals surface area contributed by atoms with Gasteiger partial charge in [0.15, 0.2) is 6.04 Å². The number of hydrogen-bond acceptors (Lipinski definition) is 9. The summed E-state index contributed by atoms with van der Waals surface area (Å²) in [4.78, 5) is 12.6. The van der Waals surface area contributed by atoms with Gasteiger partial charge in [0.2, 0.25) is 0 Å². The van der Waals surface area contributed by atoms with Gasteiger partial charge in [0.1, 0.15) is 10.1 Å². The van der Waals surface area contributed by atoms with Crippen molar-refractivity contribution in [2.45, 2.75) is 22.8 Å². The van der Waals surface area contributed by atoms with Crippen LogP contribution in [-0.4, -0.2) is 39.0 Å². The number of anilines is 2. The molecule has 1 unspecified atom stereocenters. The number of nitrogens with zero attached hydrogens (tertiary/aromatic N) is 4. The van der Waals surface area contributed by atoms with E-state index in [9.17, 15) is 26.2 Å². The van der Waals surface area contributed by atoms with Crippen LogP contribution < -0.4 is 39.3 Å². The Morgan fingerprint density at radius 3 is 2.22 bits per heavy atom. The summed E-state index contributed by atoms with van der Waals surface area (Å²) in [7, 11) is -8.40. The molecule has 0 saturated heterocycles. The minimum Gasteiger partial charge on any atom is -0.744 e. The number of nitrogens with one attached hydrogen (secondary N) is 1. The Balaban J connectivity index is 0.00000361. The molecular weight excluding hydrogens is 517 g/mol. The number of azo groups is 1. The van der Waals surface area contributed by atoms with Crippen molar-refractivity contribution in [1.82, 2.24) is 0 Å². The Bertz CT molecular complexity index is 1540. The Labute approximate surface area is 230 Å². The van der Waals surface area contributed by atoms with Crippen molar-refractivity contribution in [3.05, 3.63) is 78.9 Å². The molecule has 0 saturated carbocycles. The zero-order valence-corrected chi connectivity index (χ0v) is 22.8. The summed E-state index contributed by atoms with van der Waals surface area (Å²) < 4.78 is 60.8. The summed E-state index contributed by atoms with van der Waals surface area (Å²) in [6, 6.07) is 17.8. The van der Waals surface area contributed by atoms with Crippen molar-refractivity contribution in [3.63, 3.8) is 0 Å². The first-order chi connectivity index (χ1) is 16.5. The van der Waals surface area contributed by atoms with Gasteiger partial charge < -0.3 is 4.55 Å². The maximum absolute atomic E-state index is 12.9. The topological polar surface area (TPSA) is 161 Å². The number of carbonyl (C=O) groups is 1. The number of hydrazone groups is 1. The van der Waals surface area contributed by atoms with E-state index in [0.717, 1.165) is 17.1 Å². The van der Waals surface area contributed by atoms with Crippen molar-refractivity contribution >= 4 is 48.8 Å². The van der Waals surface area contributed by atoms with Gasteiger partial charge >= 0.3 is 29.6 Å². The second-order valence-electron chi connectivity index (χ2n) is 7.43. The van der Waals surface area contributed by atoms with Gasteiger partial charge in [-0.15, -0.1) is 0 Å². The summed E-state index contributed by atoms with van der Waals surface area (Å²) in [5.41, 5.74) is 1.16. The van der Waals surface area contributed by atoms with Gasteiger partial charge in [-0.3, -0.25) is 9.52 Å². The Morgan fingerprint density at radius 2 is 1.58 bits per heavy atom. The Morgan fingerprint density at radius 1 is 0.917 bits per heavy atom. The molecule has 0 aliphatic carbocycles. The van der Waals surface area contributed by atoms with Gasteiger partial charge in [-0.25, -0.2) is 16.8 Å². The molecule has 180 valence electrons. The number of benzene rings is 3. The quantitative estimate of drug-likeness (QED) is 0.260. The monoisotopic (exact) mass is 535 g/mol. The maximum atomic E-state index is 12.9. The average Bonchev–Trinajstić information content (AvgIpc) is 3.11. The van der Waals surface area contributed by atoms with Gasteiger partial charge in [-0.1, -0.05) is 24.3 Å². The molecule has 1 amide bonds. The molecule has 1 heterocycles. The van der Waals surface area contributed by atoms with Crippen LogP contribution in [-0.2, 0) is 24.9 Å². The van der Waals surface area contributed by atoms with E-state index in [0.29, 0.717) is 11.4 Å². The van der Waals surface area contributed by atoms with E-state index in [2.05, 4.69) is 20.1 Å². The van der Waals surface area contributed by atoms with Crippen LogP contribution >= 0.6 is 0 Å². The second-order valence-corrected chi connectivity index (χ2v) is 10.5. The Kier molecular flexibility index (Phi) is 8.44. The molecule has 36 heavy (non-hydrogen) atoms. The van der Waals surface area contributed by atoms with Crippen molar-refractivity contribution in [1.29, 1.82) is 0 Å². The molecule has 1 atom stereocenters. The van der Waals surface area contributed by atoms with Gasteiger partial charge in [0.05, 0.1) is 32.6 Å². The molecule has 0 radical (unpaired) electrons. The molecule has 1 aliphatic heterocycles. The van der Waals surface area contributed by atoms with Crippen LogP contribution in [0.3, 0.4) is 0 Å². The van der Waals surface area contributed by atoms with Crippen LogP contribution in [0.4, 0.5) is 17.1 Å². The van der Waals surface area contributed by atoms with E-state index in [-0.39, 0.29) is 45.8 Å². The largest absolute Gasteiger partial charge is 1.00 e. The van der Waals surface area contributed by atoms with E-state index < -0.39 is 37.0 Å². The predicted molar refractivity (Wildman–Crippen MR) is 127 cm³/mol. The standard InChI is InChI=1S/C22H19N5O6S2.Na/c1-15-21(24-23-16-10-12-20(13-11-16)35(31,32)33)22(28)27(25-15)18-7-5-6-17(14-18)26-34(29,30)19-8-3-2-4-9-19;/h2-14,21,26H,1H3,(H,31,32,33);/q;+1/p-1. The molecule has 1 aliphatic rings. The third-order valence-corrected chi connectivity index (χ3v) is 7.15. The van der Waals surface area contributed by atoms with Crippen LogP contribution in [0.15, 0.2) is 104 Å². The molecule has 1 N–H and O–H groups in total. The third-order valence-electron chi connectivity index (χ3n) is 4.91. The third kappa shape index (κ3) is 6.24. The fourth-order valence-corrected chi connectivity index (χ4v) is 4.73. The van der Waals surface area contributed by atoms with Crippen molar-refractivity contribution < 1.29 is 55.7 Å². The first-order valence-corrected chi connectivity index (χ1v) is 13.0. The minimum absolute atomic E-state index is 0. The van der Waals surface area contributed by atoms with E-state index in [1.165, 1.54) is 30.3 Å². The Hall–Kier alpha value is -2.94. The smallest absolute Gasteiger partial charge is 0.744 e. The number of sulfonamides is 1. The van der Waals surface area contributed by atoms with E-state index in [1.807, 2.05) is 0 Å². The minimum atomic E-state index is -4.58. The first kappa shape index (κ1) is 27.6. The zero-order valence-electron chi connectivity index (χ0n) is 19.1. The molecule has 0 spiro atoms. The first-order valence-electron chi connectivity index (χ1n) is 10.1. The summed E-state index contributed by atoms with van der Waals surface area (Å²) in [6.45, 7) is 1.59. The van der Waals surface area contributed by atoms with Crippen LogP contribution in [0.2, 0.25) is 0 Å². The SMILES string of the molecule is CC1=NN(c2cccc(NS(=O)(=O)c3ccccc3)c2)C(=O)C1N=Nc1ccc(S(=O)(=O)[O-])cc1.[Na+]. The average molecular weight is 536 g/mol. The molecule has 0 bridgehead atoms. The zero-order chi connectivity index (χ0) is 25.2. The van der Waals surface area contributed by atoms with Gasteiger partial charge in [-0.2, -0.15) is 20.3 Å². The summed E-state index contributed by atoms with van der Waals surface area (Å²) in [5.74, 6) is -0.506. The van der Waals surface area contributed by atoms with E-state index in [1.54, 1.807) is 43.3 Å². The van der Waals surface area contributed by atoms with Crippen LogP contribution in [0, 0.1) is 0 Å². The van der Waals surface area contributed by atoms with E-state index >= 15 is 0 Å². The summed E-state index contributed by atoms with van der Waals surface area (Å²) in [5, 5.41) is 13.3. The number of carbonyl (C=O) groups excluding carboxylic acids is 1. The second kappa shape index (κ2) is 11.0. The van der Waals surface area contributed by atoms with Gasteiger partial charge in [0.25, 0.3) is 15.9 Å².